The maximum absolute atomic E-state index is 13.8. The molecular weight excluding hydrogens is 382 g/mol. The zero-order chi connectivity index (χ0) is 19.8. The number of benzene rings is 3. The van der Waals surface area contributed by atoms with Gasteiger partial charge in [-0.15, -0.1) is 0 Å². The maximum Gasteiger partial charge on any atom is 0.264 e. The number of fused-ring (bicyclic) bond motifs is 3. The van der Waals surface area contributed by atoms with Gasteiger partial charge in [0.15, 0.2) is 5.54 Å². The van der Waals surface area contributed by atoms with Crippen LogP contribution in [0.3, 0.4) is 0 Å². The maximum atomic E-state index is 13.8. The predicted octanol–water partition coefficient (Wildman–Crippen LogP) is 4.38. The van der Waals surface area contributed by atoms with Crippen molar-refractivity contribution >= 4 is 34.7 Å². The highest BCUT2D eigenvalue weighted by molar-refractivity contribution is 6.32. The first-order chi connectivity index (χ1) is 14.1. The smallest absolute Gasteiger partial charge is 0.264 e. The SMILES string of the molecule is CN1C(=O)C2(N=C(c3ccccc3)N3CCc4c(Cl)ccc2c43)c2ccccc21. The van der Waals surface area contributed by atoms with Gasteiger partial charge in [0.1, 0.15) is 5.84 Å². The number of hydrogen-bond acceptors (Lipinski definition) is 3. The van der Waals surface area contributed by atoms with Gasteiger partial charge in [0, 0.05) is 41.0 Å². The van der Waals surface area contributed by atoms with Crippen LogP contribution in [-0.2, 0) is 16.8 Å². The van der Waals surface area contributed by atoms with E-state index in [1.54, 1.807) is 4.90 Å². The Morgan fingerprint density at radius 2 is 1.72 bits per heavy atom. The quantitative estimate of drug-likeness (QED) is 0.608. The van der Waals surface area contributed by atoms with Crippen molar-refractivity contribution in [2.45, 2.75) is 12.0 Å². The van der Waals surface area contributed by atoms with Crippen LogP contribution in [0.15, 0.2) is 71.7 Å². The van der Waals surface area contributed by atoms with Crippen molar-refractivity contribution in [1.82, 2.24) is 0 Å². The third-order valence-corrected chi connectivity index (χ3v) is 6.66. The molecule has 3 aliphatic heterocycles. The molecule has 0 fully saturated rings. The Morgan fingerprint density at radius 3 is 2.55 bits per heavy atom. The molecular formula is C24H18ClN3O. The van der Waals surface area contributed by atoms with Crippen LogP contribution in [0.1, 0.15) is 22.3 Å². The number of hydrogen-bond donors (Lipinski definition) is 0. The Labute approximate surface area is 174 Å². The first-order valence-electron chi connectivity index (χ1n) is 9.75. The van der Waals surface area contributed by atoms with Crippen LogP contribution < -0.4 is 9.80 Å². The fourth-order valence-electron chi connectivity index (χ4n) is 4.99. The molecule has 1 amide bonds. The van der Waals surface area contributed by atoms with Gasteiger partial charge in [-0.2, -0.15) is 0 Å². The molecule has 1 atom stereocenters. The second-order valence-electron chi connectivity index (χ2n) is 7.72. The lowest BCUT2D eigenvalue weighted by molar-refractivity contribution is -0.121. The van der Waals surface area contributed by atoms with Crippen LogP contribution in [0, 0.1) is 0 Å². The van der Waals surface area contributed by atoms with E-state index in [4.69, 9.17) is 16.6 Å². The number of rotatable bonds is 1. The van der Waals surface area contributed by atoms with Gasteiger partial charge in [0.2, 0.25) is 0 Å². The van der Waals surface area contributed by atoms with Crippen molar-refractivity contribution in [3.63, 3.8) is 0 Å². The molecule has 0 aromatic heterocycles. The number of aliphatic imine (C=N–C) groups is 1. The summed E-state index contributed by atoms with van der Waals surface area (Å²) in [5.74, 6) is 0.806. The summed E-state index contributed by atoms with van der Waals surface area (Å²) in [5.41, 5.74) is 4.84. The standard InChI is InChI=1S/C24H18ClN3O/c1-27-20-10-6-5-9-17(20)24(23(27)29)18-11-12-19(25)16-13-14-28(21(16)18)22(26-24)15-7-3-2-4-8-15/h2-12H,13-14H2,1H3. The molecule has 0 aliphatic carbocycles. The van der Waals surface area contributed by atoms with Crippen molar-refractivity contribution in [1.29, 1.82) is 0 Å². The number of amidine groups is 1. The molecule has 3 aromatic carbocycles. The summed E-state index contributed by atoms with van der Waals surface area (Å²) >= 11 is 6.58. The van der Waals surface area contributed by atoms with E-state index in [-0.39, 0.29) is 5.91 Å². The lowest BCUT2D eigenvalue weighted by Gasteiger charge is -2.37. The topological polar surface area (TPSA) is 35.9 Å². The van der Waals surface area contributed by atoms with Crippen molar-refractivity contribution < 1.29 is 4.79 Å². The lowest BCUT2D eigenvalue weighted by atomic mass is 9.81. The van der Waals surface area contributed by atoms with E-state index in [9.17, 15) is 4.79 Å². The van der Waals surface area contributed by atoms with Crippen molar-refractivity contribution in [3.05, 3.63) is 94.0 Å². The van der Waals surface area contributed by atoms with E-state index in [0.717, 1.165) is 57.5 Å². The van der Waals surface area contributed by atoms with E-state index in [0.29, 0.717) is 0 Å². The Morgan fingerprint density at radius 1 is 0.966 bits per heavy atom. The number of carbonyl (C=O) groups excluding carboxylic acids is 1. The summed E-state index contributed by atoms with van der Waals surface area (Å²) in [6.07, 6.45) is 0.843. The molecule has 6 rings (SSSR count). The van der Waals surface area contributed by atoms with E-state index in [2.05, 4.69) is 17.0 Å². The van der Waals surface area contributed by atoms with Gasteiger partial charge in [-0.25, -0.2) is 4.99 Å². The number of anilines is 2. The van der Waals surface area contributed by atoms with E-state index >= 15 is 0 Å². The average molecular weight is 400 g/mol. The largest absolute Gasteiger partial charge is 0.325 e. The Balaban J connectivity index is 1.74. The summed E-state index contributed by atoms with van der Waals surface area (Å²) < 4.78 is 0. The lowest BCUT2D eigenvalue weighted by Crippen LogP contribution is -2.46. The molecule has 142 valence electrons. The third-order valence-electron chi connectivity index (χ3n) is 6.30. The first-order valence-corrected chi connectivity index (χ1v) is 10.1. The fraction of sp³-hybridized carbons (Fsp3) is 0.167. The minimum absolute atomic E-state index is 0.0248. The molecule has 5 heteroatoms. The summed E-state index contributed by atoms with van der Waals surface area (Å²) in [6, 6.07) is 22.0. The number of likely N-dealkylation sites (N-methyl/N-ethyl adjacent to an activating group) is 1. The van der Waals surface area contributed by atoms with Gasteiger partial charge in [-0.3, -0.25) is 4.79 Å². The molecule has 0 N–H and O–H groups in total. The first kappa shape index (κ1) is 16.8. The molecule has 1 unspecified atom stereocenters. The molecule has 0 radical (unpaired) electrons. The second kappa shape index (κ2) is 5.71. The predicted molar refractivity (Wildman–Crippen MR) is 116 cm³/mol. The zero-order valence-corrected chi connectivity index (χ0v) is 16.6. The van der Waals surface area contributed by atoms with Gasteiger partial charge < -0.3 is 9.80 Å². The molecule has 29 heavy (non-hydrogen) atoms. The number of carbonyl (C=O) groups is 1. The normalized spacial score (nSPS) is 21.4. The van der Waals surface area contributed by atoms with Crippen molar-refractivity contribution in [3.8, 4) is 0 Å². The van der Waals surface area contributed by atoms with Crippen LogP contribution in [0.4, 0.5) is 11.4 Å². The summed E-state index contributed by atoms with van der Waals surface area (Å²) in [7, 11) is 1.83. The van der Waals surface area contributed by atoms with E-state index in [1.807, 2.05) is 61.6 Å². The molecule has 3 aromatic rings. The van der Waals surface area contributed by atoms with Gasteiger partial charge in [-0.1, -0.05) is 66.2 Å². The average Bonchev–Trinajstić information content (AvgIpc) is 3.29. The summed E-state index contributed by atoms with van der Waals surface area (Å²) in [5, 5.41) is 0.753. The minimum Gasteiger partial charge on any atom is -0.325 e. The summed E-state index contributed by atoms with van der Waals surface area (Å²) in [4.78, 5) is 22.9. The highest BCUT2D eigenvalue weighted by Gasteiger charge is 2.56. The zero-order valence-electron chi connectivity index (χ0n) is 15.9. The van der Waals surface area contributed by atoms with Crippen molar-refractivity contribution in [2.24, 2.45) is 4.99 Å². The van der Waals surface area contributed by atoms with E-state index < -0.39 is 5.54 Å². The number of halogens is 1. The van der Waals surface area contributed by atoms with E-state index in [1.165, 1.54) is 0 Å². The van der Waals surface area contributed by atoms with Crippen LogP contribution in [-0.4, -0.2) is 25.3 Å². The van der Waals surface area contributed by atoms with Gasteiger partial charge in [0.25, 0.3) is 5.91 Å². The molecule has 4 nitrogen and oxygen atoms in total. The highest BCUT2D eigenvalue weighted by atomic mass is 35.5. The summed E-state index contributed by atoms with van der Waals surface area (Å²) in [6.45, 7) is 0.807. The molecule has 0 saturated heterocycles. The monoisotopic (exact) mass is 399 g/mol. The molecule has 0 saturated carbocycles. The number of amides is 1. The van der Waals surface area contributed by atoms with Gasteiger partial charge >= 0.3 is 0 Å². The second-order valence-corrected chi connectivity index (χ2v) is 8.12. The fourth-order valence-corrected chi connectivity index (χ4v) is 5.24. The molecule has 3 aliphatic rings. The highest BCUT2D eigenvalue weighted by Crippen LogP contribution is 2.54. The molecule has 1 spiro atoms. The minimum atomic E-state index is -1.08. The Kier molecular flexibility index (Phi) is 3.31. The van der Waals surface area contributed by atoms with Gasteiger partial charge in [-0.05, 0) is 24.1 Å². The van der Waals surface area contributed by atoms with Crippen molar-refractivity contribution in [2.75, 3.05) is 23.4 Å². The number of nitrogens with zero attached hydrogens (tertiary/aromatic N) is 3. The Hall–Kier alpha value is -3.11. The Bertz CT molecular complexity index is 1220. The van der Waals surface area contributed by atoms with Crippen LogP contribution in [0.25, 0.3) is 0 Å². The van der Waals surface area contributed by atoms with Crippen LogP contribution in [0.2, 0.25) is 5.02 Å². The number of para-hydroxylation sites is 1. The molecule has 3 heterocycles. The van der Waals surface area contributed by atoms with Gasteiger partial charge in [0.05, 0.1) is 5.69 Å². The van der Waals surface area contributed by atoms with Crippen LogP contribution in [0.5, 0.6) is 0 Å². The molecule has 0 bridgehead atoms. The van der Waals surface area contributed by atoms with Crippen LogP contribution >= 0.6 is 11.6 Å². The third kappa shape index (κ3) is 1.99.